The molecule has 2 saturated heterocycles. The van der Waals surface area contributed by atoms with Crippen LogP contribution in [0.1, 0.15) is 214 Å². The lowest BCUT2D eigenvalue weighted by Gasteiger charge is -2.33. The molecular formula is C86H116N8O18S2. The van der Waals surface area contributed by atoms with E-state index in [1.165, 1.54) is 9.80 Å². The smallest absolute Gasteiger partial charge is 0.307 e. The molecule has 0 radical (unpaired) electrons. The first-order chi connectivity index (χ1) is 59.0. The first-order valence-corrected chi connectivity index (χ1v) is 43.5. The molecule has 26 nitrogen and oxygen atoms in total. The summed E-state index contributed by atoms with van der Waals surface area (Å²) in [5.74, 6) is -8.35. The van der Waals surface area contributed by atoms with E-state index in [4.69, 9.17) is 44.9 Å². The fourth-order valence-corrected chi connectivity index (χ4v) is 20.8. The Morgan fingerprint density at radius 3 is 1.33 bits per heavy atom. The average molecular weight is 1630 g/mol. The van der Waals surface area contributed by atoms with Gasteiger partial charge in [0.2, 0.25) is 55.4 Å². The molecule has 14 atom stereocenters. The van der Waals surface area contributed by atoms with E-state index in [0.29, 0.717) is 126 Å². The molecule has 2 N–H and O–H groups in total. The average Bonchev–Trinajstić information content (AvgIpc) is 1.58. The molecule has 6 aliphatic heterocycles. The lowest BCUT2D eigenvalue weighted by atomic mass is 9.79. The standard InChI is InChI=1S/2C43H58N4O9S/c2*1-7-27-20-26(2)10-8-9-11-28-23-43(28,41(51)45-57(52,53)30-12-13-30)24-36(48)35-21-29(25-47(35)40(50)33(27)22-37(49)56-42(3,4)5)55-39-32-14-15-34-38(31(32)16-17-44-39)54-19-18-46(34)6/h2*9,11,14-17,26-30,33,35H,7-8,10,12-13,18-25H2,1-6H3,(H,45,51)/b2*11-9-/t26-,27+,28+,29+,33-,35-,43+;26-,27-,28-,29-,33+,35+,43-/m01/s1/i2*3D3,4D3. The summed E-state index contributed by atoms with van der Waals surface area (Å²) in [5.41, 5.74) is -6.70. The fourth-order valence-electron chi connectivity index (χ4n) is 18.0. The van der Waals surface area contributed by atoms with Crippen molar-refractivity contribution in [3.8, 4) is 23.3 Å². The van der Waals surface area contributed by atoms with Crippen LogP contribution in [0.2, 0.25) is 0 Å². The maximum Gasteiger partial charge on any atom is 0.307 e. The highest BCUT2D eigenvalue weighted by Gasteiger charge is 2.64. The van der Waals surface area contributed by atoms with E-state index in [1.807, 2.05) is 102 Å². The van der Waals surface area contributed by atoms with Gasteiger partial charge in [0, 0.05) is 90.2 Å². The number of likely N-dealkylation sites (N-methyl/N-ethyl adjacent to an activating group) is 2. The topological polar surface area (TPSA) is 323 Å². The Morgan fingerprint density at radius 2 is 0.965 bits per heavy atom. The van der Waals surface area contributed by atoms with Crippen LogP contribution in [0.5, 0.6) is 23.3 Å². The van der Waals surface area contributed by atoms with Crippen LogP contribution in [0.25, 0.3) is 21.5 Å². The van der Waals surface area contributed by atoms with Gasteiger partial charge in [0.05, 0.1) is 95.6 Å². The minimum absolute atomic E-state index is 0.0149. The van der Waals surface area contributed by atoms with Crippen LogP contribution in [0.3, 0.4) is 0 Å². The summed E-state index contributed by atoms with van der Waals surface area (Å²) < 4.78 is 188. The monoisotopic (exact) mass is 1620 g/mol. The van der Waals surface area contributed by atoms with Crippen LogP contribution in [0.4, 0.5) is 11.4 Å². The molecule has 28 heteroatoms. The van der Waals surface area contributed by atoms with E-state index in [9.17, 15) is 45.6 Å². The number of allylic oxidation sites excluding steroid dienone is 4. The molecule has 0 bridgehead atoms. The van der Waals surface area contributed by atoms with Crippen LogP contribution in [-0.2, 0) is 67.9 Å². The van der Waals surface area contributed by atoms with Crippen LogP contribution in [-0.4, -0.2) is 183 Å². The van der Waals surface area contributed by atoms with Gasteiger partial charge in [0.15, 0.2) is 23.1 Å². The number of hydrogen-bond acceptors (Lipinski definition) is 22. The van der Waals surface area contributed by atoms with E-state index < -0.39 is 200 Å². The number of fused-ring (bicyclic) bond motifs is 10. The van der Waals surface area contributed by atoms with Gasteiger partial charge in [-0.15, -0.1) is 0 Å². The summed E-state index contributed by atoms with van der Waals surface area (Å²) in [4.78, 5) is 132. The molecule has 6 fully saturated rings. The molecule has 114 heavy (non-hydrogen) atoms. The molecule has 2 aromatic carbocycles. The number of nitrogens with zero attached hydrogens (tertiary/aromatic N) is 6. The highest BCUT2D eigenvalue weighted by Crippen LogP contribution is 2.59. The highest BCUT2D eigenvalue weighted by atomic mass is 32.2. The summed E-state index contributed by atoms with van der Waals surface area (Å²) in [6.07, 6.45) is 13.6. The van der Waals surface area contributed by atoms with Gasteiger partial charge in [0.25, 0.3) is 0 Å². The number of anilines is 2. The third-order valence-corrected chi connectivity index (χ3v) is 28.5. The number of benzene rings is 2. The summed E-state index contributed by atoms with van der Waals surface area (Å²) >= 11 is 0. The molecule has 4 saturated carbocycles. The Balaban J connectivity index is 0.000000216. The third kappa shape index (κ3) is 18.7. The van der Waals surface area contributed by atoms with E-state index in [0.717, 1.165) is 36.0 Å². The highest BCUT2D eigenvalue weighted by molar-refractivity contribution is 7.91. The number of carbonyl (C=O) groups excluding carboxylic acids is 8. The number of amides is 4. The van der Waals surface area contributed by atoms with Crippen molar-refractivity contribution < 1.29 is 100 Å². The number of carbonyl (C=O) groups is 8. The minimum Gasteiger partial charge on any atom is -0.489 e. The Kier molecular flexibility index (Phi) is 20.1. The molecule has 4 aliphatic carbocycles. The van der Waals surface area contributed by atoms with Crippen molar-refractivity contribution in [1.82, 2.24) is 29.2 Å². The van der Waals surface area contributed by atoms with Crippen molar-refractivity contribution in [3.63, 3.8) is 0 Å². The quantitative estimate of drug-likeness (QED) is 0.0777. The Hall–Kier alpha value is -8.40. The van der Waals surface area contributed by atoms with Crippen LogP contribution in [0.15, 0.2) is 73.1 Å². The first kappa shape index (κ1) is 68.8. The lowest BCUT2D eigenvalue weighted by Crippen LogP contribution is -2.48. The molecular weight excluding hydrogens is 1500 g/mol. The number of ketones is 2. The molecule has 0 spiro atoms. The Labute approximate surface area is 687 Å². The van der Waals surface area contributed by atoms with E-state index in [2.05, 4.69) is 29.2 Å². The van der Waals surface area contributed by atoms with Gasteiger partial charge in [-0.3, -0.25) is 47.8 Å². The molecule has 2 aromatic heterocycles. The van der Waals surface area contributed by atoms with Crippen molar-refractivity contribution in [2.45, 2.75) is 243 Å². The molecule has 14 rings (SSSR count). The Morgan fingerprint density at radius 1 is 0.570 bits per heavy atom. The molecule has 10 aliphatic rings. The number of sulfonamides is 2. The zero-order valence-corrected chi connectivity index (χ0v) is 67.9. The van der Waals surface area contributed by atoms with E-state index >= 15 is 9.59 Å². The van der Waals surface area contributed by atoms with Crippen molar-refractivity contribution >= 4 is 100 Å². The second kappa shape index (κ2) is 33.3. The number of pyridine rings is 2. The maximum absolute atomic E-state index is 15.2. The van der Waals surface area contributed by atoms with Crippen LogP contribution in [0, 0.1) is 58.2 Å². The van der Waals surface area contributed by atoms with Gasteiger partial charge in [-0.05, 0) is 190 Å². The van der Waals surface area contributed by atoms with Crippen molar-refractivity contribution in [2.24, 2.45) is 58.2 Å². The van der Waals surface area contributed by atoms with Crippen molar-refractivity contribution in [1.29, 1.82) is 0 Å². The lowest BCUT2D eigenvalue weighted by molar-refractivity contribution is -0.160. The largest absolute Gasteiger partial charge is 0.489 e. The molecule has 4 aromatic rings. The first-order valence-electron chi connectivity index (χ1n) is 46.4. The predicted molar refractivity (Wildman–Crippen MR) is 430 cm³/mol. The van der Waals surface area contributed by atoms with E-state index in [-0.39, 0.29) is 75.2 Å². The zero-order chi connectivity index (χ0) is 91.7. The molecule has 620 valence electrons. The van der Waals surface area contributed by atoms with Crippen LogP contribution < -0.4 is 38.2 Å². The number of Topliss-reactive ketones (excluding diaryl/α,β-unsaturated/α-hetero) is 2. The summed E-state index contributed by atoms with van der Waals surface area (Å²) in [7, 11) is -3.96. The number of aromatic nitrogens is 2. The minimum atomic E-state index is -3.95. The van der Waals surface area contributed by atoms with Gasteiger partial charge in [-0.2, -0.15) is 0 Å². The van der Waals surface area contributed by atoms with E-state index in [1.54, 1.807) is 12.4 Å². The third-order valence-electron chi connectivity index (χ3n) is 24.8. The van der Waals surface area contributed by atoms with Crippen molar-refractivity contribution in [2.75, 3.05) is 63.3 Å². The SMILES string of the molecule is [2H]C([2H])([2H])C(C)(OC(=O)C[C@@H]1C(=O)N2C[C@H](Oc3nccc4c5c(ccc34)N(C)CCO5)C[C@H]2C(=O)C[C@]2(C(=O)NS(=O)(=O)C3CC3)C[C@H]2/C=C\CC[C@@H](C)C[C@H]1CC)C([2H])([2H])[2H].[2H]C([2H])([2H])C(C)(OC(=O)C[C@@H]1C(=O)N2C[C@H](Oc3nccc4c5c(ccc34)N(C)CCO5)C[C@H]2C(=O)C[C@]2(C(=O)NS(=O)(=O)C3CC3)C[C@H]2/C=C\CC[C@H](C)C[C@H]1CC)C([2H])([2H])[2H]. The van der Waals surface area contributed by atoms with Crippen LogP contribution >= 0.6 is 0 Å². The van der Waals surface area contributed by atoms with Gasteiger partial charge in [0.1, 0.15) is 36.6 Å². The second-order valence-electron chi connectivity index (χ2n) is 34.0. The number of esters is 2. The van der Waals surface area contributed by atoms with Gasteiger partial charge >= 0.3 is 11.9 Å². The number of rotatable bonds is 16. The molecule has 4 amide bonds. The Bertz CT molecular complexity index is 4820. The normalized spacial score (nSPS) is 32.2. The van der Waals surface area contributed by atoms with Gasteiger partial charge < -0.3 is 48.0 Å². The van der Waals surface area contributed by atoms with Gasteiger partial charge in [-0.1, -0.05) is 64.8 Å². The maximum atomic E-state index is 15.2. The zero-order valence-electron chi connectivity index (χ0n) is 78.2. The summed E-state index contributed by atoms with van der Waals surface area (Å²) in [5, 5.41) is 1.45. The van der Waals surface area contributed by atoms with Crippen molar-refractivity contribution in [3.05, 3.63) is 73.1 Å². The number of nitrogens with one attached hydrogen (secondary N) is 2. The number of hydrogen-bond donors (Lipinski definition) is 2. The molecule has 0 unspecified atom stereocenters. The molecule has 8 heterocycles. The predicted octanol–water partition coefficient (Wildman–Crippen LogP) is 11.5. The second-order valence-corrected chi connectivity index (χ2v) is 37.9. The fraction of sp³-hybridized carbons (Fsp3) is 0.651. The number of ether oxygens (including phenoxy) is 6. The summed E-state index contributed by atoms with van der Waals surface area (Å²) in [6, 6.07) is 8.84. The summed E-state index contributed by atoms with van der Waals surface area (Å²) in [6.45, 7) is -1.41. The van der Waals surface area contributed by atoms with Gasteiger partial charge in [-0.25, -0.2) is 26.8 Å².